The van der Waals surface area contributed by atoms with Crippen LogP contribution < -0.4 is 0 Å². The molecule has 0 amide bonds. The van der Waals surface area contributed by atoms with E-state index in [9.17, 15) is 0 Å². The van der Waals surface area contributed by atoms with Gasteiger partial charge in [0.05, 0.1) is 21.8 Å². The number of aromatic nitrogens is 1. The van der Waals surface area contributed by atoms with Crippen LogP contribution >= 0.6 is 11.3 Å². The summed E-state index contributed by atoms with van der Waals surface area (Å²) in [6, 6.07) is 2.20. The van der Waals surface area contributed by atoms with Gasteiger partial charge in [-0.15, -0.1) is 11.3 Å². The number of aliphatic imine (C=N–C) groups is 1. The van der Waals surface area contributed by atoms with Crippen molar-refractivity contribution in [2.45, 2.75) is 13.8 Å². The van der Waals surface area contributed by atoms with Gasteiger partial charge in [0.2, 0.25) is 0 Å². The number of hydrogen-bond donors (Lipinski definition) is 0. The van der Waals surface area contributed by atoms with Gasteiger partial charge < -0.3 is 0 Å². The number of rotatable bonds is 1. The van der Waals surface area contributed by atoms with Gasteiger partial charge in [-0.1, -0.05) is 6.42 Å². The lowest BCUT2D eigenvalue weighted by Gasteiger charge is -1.81. The smallest absolute Gasteiger partial charge is 0.0904 e. The molecule has 0 unspecified atom stereocenters. The average molecular weight is 164 g/mol. The Kier molecular flexibility index (Phi) is 2.40. The first-order valence-electron chi connectivity index (χ1n) is 3.16. The van der Waals surface area contributed by atoms with Crippen LogP contribution in [0.15, 0.2) is 4.99 Å². The summed E-state index contributed by atoms with van der Waals surface area (Å²) < 4.78 is 0. The minimum atomic E-state index is 0.992. The van der Waals surface area contributed by atoms with Crippen LogP contribution in [-0.4, -0.2) is 11.2 Å². The molecule has 1 heterocycles. The van der Waals surface area contributed by atoms with Crippen molar-refractivity contribution in [3.8, 4) is 12.5 Å². The van der Waals surface area contributed by atoms with E-state index in [0.717, 1.165) is 15.6 Å². The lowest BCUT2D eigenvalue weighted by atomic mass is 10.4. The molecular weight excluding hydrogens is 156 g/mol. The summed E-state index contributed by atoms with van der Waals surface area (Å²) in [4.78, 5) is 8.95. The fraction of sp³-hybridized carbons (Fsp3) is 0.250. The summed E-state index contributed by atoms with van der Waals surface area (Å²) in [5, 5.41) is 1.04. The molecule has 0 saturated carbocycles. The lowest BCUT2D eigenvalue weighted by Crippen LogP contribution is -1.78. The van der Waals surface area contributed by atoms with Gasteiger partial charge in [-0.3, -0.25) is 0 Å². The molecule has 0 N–H and O–H groups in total. The Morgan fingerprint density at radius 1 is 1.64 bits per heavy atom. The minimum absolute atomic E-state index is 0.992. The van der Waals surface area contributed by atoms with E-state index in [0.29, 0.717) is 0 Å². The van der Waals surface area contributed by atoms with Gasteiger partial charge in [-0.25, -0.2) is 9.98 Å². The Balaban J connectivity index is 2.96. The van der Waals surface area contributed by atoms with Crippen LogP contribution in [0.25, 0.3) is 0 Å². The molecular formula is C8H8N2S. The second-order valence-electron chi connectivity index (χ2n) is 2.07. The van der Waals surface area contributed by atoms with Crippen LogP contribution in [0, 0.1) is 26.3 Å². The van der Waals surface area contributed by atoms with E-state index >= 15 is 0 Å². The Morgan fingerprint density at radius 2 is 2.36 bits per heavy atom. The largest absolute Gasteiger partial charge is 0.246 e. The fourth-order valence-corrected chi connectivity index (χ4v) is 1.56. The van der Waals surface area contributed by atoms with E-state index in [1.807, 2.05) is 13.8 Å². The summed E-state index contributed by atoms with van der Waals surface area (Å²) in [5.74, 6) is 0. The first-order valence-corrected chi connectivity index (χ1v) is 3.98. The Hall–Kier alpha value is -1.14. The zero-order valence-corrected chi connectivity index (χ0v) is 7.27. The van der Waals surface area contributed by atoms with E-state index in [2.05, 4.69) is 16.0 Å². The van der Waals surface area contributed by atoms with Crippen LogP contribution in [0.5, 0.6) is 0 Å². The molecule has 0 atom stereocenters. The van der Waals surface area contributed by atoms with Crippen molar-refractivity contribution in [2.24, 2.45) is 4.99 Å². The van der Waals surface area contributed by atoms with Crippen LogP contribution in [0.3, 0.4) is 0 Å². The van der Waals surface area contributed by atoms with Crippen molar-refractivity contribution in [1.82, 2.24) is 4.98 Å². The number of hydrogen-bond acceptors (Lipinski definition) is 3. The van der Waals surface area contributed by atoms with E-state index in [1.54, 1.807) is 17.6 Å². The zero-order chi connectivity index (χ0) is 8.27. The second kappa shape index (κ2) is 3.31. The van der Waals surface area contributed by atoms with Gasteiger partial charge in [0, 0.05) is 6.04 Å². The lowest BCUT2D eigenvalue weighted by molar-refractivity contribution is 1.20. The summed E-state index contributed by atoms with van der Waals surface area (Å²) >= 11 is 1.60. The third kappa shape index (κ3) is 1.89. The first-order chi connectivity index (χ1) is 5.24. The monoisotopic (exact) mass is 164 g/mol. The van der Waals surface area contributed by atoms with Gasteiger partial charge in [0.15, 0.2) is 0 Å². The van der Waals surface area contributed by atoms with Crippen molar-refractivity contribution in [3.63, 3.8) is 0 Å². The van der Waals surface area contributed by atoms with Gasteiger partial charge in [-0.05, 0) is 13.8 Å². The van der Waals surface area contributed by atoms with Crippen molar-refractivity contribution >= 4 is 17.6 Å². The number of nitrogens with zero attached hydrogens (tertiary/aromatic N) is 2. The standard InChI is InChI=1S/C8H8N2S/c1-4-9-5-8-6(2)10-7(3)11-8/h1,5H,2-3H3. The van der Waals surface area contributed by atoms with E-state index < -0.39 is 0 Å². The normalized spacial score (nSPS) is 10.3. The van der Waals surface area contributed by atoms with Gasteiger partial charge in [0.25, 0.3) is 0 Å². The van der Waals surface area contributed by atoms with E-state index in [1.165, 1.54) is 0 Å². The maximum atomic E-state index is 4.97. The Bertz CT molecular complexity index is 317. The Labute approximate surface area is 70.0 Å². The molecule has 0 aliphatic heterocycles. The maximum absolute atomic E-state index is 4.97. The summed E-state index contributed by atoms with van der Waals surface area (Å²) in [5.41, 5.74) is 0.992. The predicted molar refractivity (Wildman–Crippen MR) is 48.0 cm³/mol. The number of thiazole rings is 1. The van der Waals surface area contributed by atoms with Crippen molar-refractivity contribution < 1.29 is 0 Å². The van der Waals surface area contributed by atoms with Crippen molar-refractivity contribution in [1.29, 1.82) is 0 Å². The molecule has 3 heteroatoms. The summed E-state index contributed by atoms with van der Waals surface area (Å²) in [6.07, 6.45) is 6.64. The maximum Gasteiger partial charge on any atom is 0.0904 e. The van der Waals surface area contributed by atoms with E-state index in [-0.39, 0.29) is 0 Å². The van der Waals surface area contributed by atoms with Gasteiger partial charge in [0.1, 0.15) is 0 Å². The fourth-order valence-electron chi connectivity index (χ4n) is 0.763. The van der Waals surface area contributed by atoms with Crippen LogP contribution in [0.2, 0.25) is 0 Å². The molecule has 0 fully saturated rings. The Morgan fingerprint density at radius 3 is 2.82 bits per heavy atom. The third-order valence-electron chi connectivity index (χ3n) is 1.20. The van der Waals surface area contributed by atoms with Crippen LogP contribution in [0.1, 0.15) is 15.6 Å². The average Bonchev–Trinajstić information content (AvgIpc) is 2.26. The highest BCUT2D eigenvalue weighted by Gasteiger charge is 1.99. The minimum Gasteiger partial charge on any atom is -0.246 e. The third-order valence-corrected chi connectivity index (χ3v) is 2.20. The summed E-state index contributed by atoms with van der Waals surface area (Å²) in [6.45, 7) is 3.91. The predicted octanol–water partition coefficient (Wildman–Crippen LogP) is 1.77. The van der Waals surface area contributed by atoms with Crippen LogP contribution in [-0.2, 0) is 0 Å². The molecule has 0 spiro atoms. The second-order valence-corrected chi connectivity index (χ2v) is 3.30. The molecule has 11 heavy (non-hydrogen) atoms. The van der Waals surface area contributed by atoms with Crippen LogP contribution in [0.4, 0.5) is 0 Å². The van der Waals surface area contributed by atoms with Gasteiger partial charge >= 0.3 is 0 Å². The molecule has 2 nitrogen and oxygen atoms in total. The molecule has 0 saturated heterocycles. The summed E-state index contributed by atoms with van der Waals surface area (Å²) in [7, 11) is 0. The SMILES string of the molecule is C#CN=Cc1sc(C)nc1C. The highest BCUT2D eigenvalue weighted by atomic mass is 32.1. The molecule has 0 aliphatic carbocycles. The molecule has 56 valence electrons. The highest BCUT2D eigenvalue weighted by Crippen LogP contribution is 2.14. The zero-order valence-electron chi connectivity index (χ0n) is 6.46. The number of aryl methyl sites for hydroxylation is 2. The molecule has 1 aromatic heterocycles. The van der Waals surface area contributed by atoms with E-state index in [4.69, 9.17) is 6.42 Å². The first kappa shape index (κ1) is 7.96. The number of terminal acetylenes is 1. The quantitative estimate of drug-likeness (QED) is 0.458. The topological polar surface area (TPSA) is 25.2 Å². The van der Waals surface area contributed by atoms with Crippen molar-refractivity contribution in [2.75, 3.05) is 0 Å². The molecule has 1 aromatic rings. The van der Waals surface area contributed by atoms with Gasteiger partial charge in [-0.2, -0.15) is 0 Å². The molecule has 0 radical (unpaired) electrons. The molecule has 0 aliphatic rings. The molecule has 0 bridgehead atoms. The highest BCUT2D eigenvalue weighted by molar-refractivity contribution is 7.13. The molecule has 1 rings (SSSR count). The molecule has 0 aromatic carbocycles. The van der Waals surface area contributed by atoms with Crippen molar-refractivity contribution in [3.05, 3.63) is 15.6 Å².